The predicted octanol–water partition coefficient (Wildman–Crippen LogP) is 1.36. The van der Waals surface area contributed by atoms with Gasteiger partial charge in [0.2, 0.25) is 0 Å². The van der Waals surface area contributed by atoms with Crippen LogP contribution in [0.3, 0.4) is 0 Å². The summed E-state index contributed by atoms with van der Waals surface area (Å²) in [5.74, 6) is 1.88. The molecule has 5 heteroatoms. The Morgan fingerprint density at radius 1 is 1.44 bits per heavy atom. The lowest BCUT2D eigenvalue weighted by molar-refractivity contribution is 0.275. The summed E-state index contributed by atoms with van der Waals surface area (Å²) in [6, 6.07) is 0. The largest absolute Gasteiger partial charge is 0.310 e. The maximum absolute atomic E-state index is 4.05. The first-order valence-electron chi connectivity index (χ1n) is 6.36. The molecule has 0 atom stereocenters. The highest BCUT2D eigenvalue weighted by atomic mass is 15.5. The van der Waals surface area contributed by atoms with Gasteiger partial charge in [-0.25, -0.2) is 4.68 Å². The molecule has 1 aliphatic rings. The number of hydrogen-bond acceptors (Lipinski definition) is 4. The van der Waals surface area contributed by atoms with Crippen LogP contribution in [-0.2, 0) is 13.1 Å². The predicted molar refractivity (Wildman–Crippen MR) is 61.8 cm³/mol. The first-order valence-corrected chi connectivity index (χ1v) is 6.36. The molecule has 1 fully saturated rings. The fraction of sp³-hybridized carbons (Fsp3) is 0.909. The van der Waals surface area contributed by atoms with Crippen LogP contribution in [-0.4, -0.2) is 26.8 Å². The Hall–Kier alpha value is -0.970. The average molecular weight is 223 g/mol. The highest BCUT2D eigenvalue weighted by Gasteiger charge is 2.17. The number of aromatic nitrogens is 4. The van der Waals surface area contributed by atoms with Crippen LogP contribution >= 0.6 is 0 Å². The summed E-state index contributed by atoms with van der Waals surface area (Å²) < 4.78 is 1.95. The lowest BCUT2D eigenvalue weighted by atomic mass is 9.83. The van der Waals surface area contributed by atoms with Crippen molar-refractivity contribution in [3.05, 3.63) is 5.82 Å². The van der Waals surface area contributed by atoms with E-state index in [0.717, 1.165) is 37.8 Å². The van der Waals surface area contributed by atoms with E-state index in [0.29, 0.717) is 0 Å². The quantitative estimate of drug-likeness (QED) is 0.709. The van der Waals surface area contributed by atoms with Gasteiger partial charge < -0.3 is 5.32 Å². The van der Waals surface area contributed by atoms with Crippen LogP contribution in [0.4, 0.5) is 0 Å². The monoisotopic (exact) mass is 223 g/mol. The van der Waals surface area contributed by atoms with Crippen molar-refractivity contribution in [2.45, 2.75) is 52.1 Å². The molecule has 1 aromatic heterocycles. The van der Waals surface area contributed by atoms with Gasteiger partial charge in [0.15, 0.2) is 5.82 Å². The first kappa shape index (κ1) is 11.5. The van der Waals surface area contributed by atoms with Crippen molar-refractivity contribution in [3.8, 4) is 0 Å². The second-order valence-corrected chi connectivity index (χ2v) is 4.58. The van der Waals surface area contributed by atoms with E-state index < -0.39 is 0 Å². The van der Waals surface area contributed by atoms with Crippen LogP contribution < -0.4 is 5.32 Å². The van der Waals surface area contributed by atoms with Crippen LogP contribution in [0.25, 0.3) is 0 Å². The van der Waals surface area contributed by atoms with Crippen LogP contribution in [0.2, 0.25) is 0 Å². The standard InChI is InChI=1S/C11H21N5/c1-2-7-12-9-11-13-14-15-16(11)8-6-10-4-3-5-10/h10,12H,2-9H2,1H3. The third-order valence-electron chi connectivity index (χ3n) is 3.29. The number of nitrogens with one attached hydrogen (secondary N) is 1. The molecule has 0 aliphatic heterocycles. The molecule has 1 N–H and O–H groups in total. The van der Waals surface area contributed by atoms with E-state index in [-0.39, 0.29) is 0 Å². The van der Waals surface area contributed by atoms with Gasteiger partial charge in [0.25, 0.3) is 0 Å². The van der Waals surface area contributed by atoms with Crippen LogP contribution in [0.15, 0.2) is 0 Å². The van der Waals surface area contributed by atoms with Gasteiger partial charge in [-0.05, 0) is 35.7 Å². The minimum atomic E-state index is 0.783. The maximum Gasteiger partial charge on any atom is 0.165 e. The molecule has 1 aliphatic carbocycles. The van der Waals surface area contributed by atoms with Gasteiger partial charge in [0.1, 0.15) is 0 Å². The molecule has 0 aromatic carbocycles. The van der Waals surface area contributed by atoms with Crippen LogP contribution in [0.5, 0.6) is 0 Å². The summed E-state index contributed by atoms with van der Waals surface area (Å²) >= 11 is 0. The minimum absolute atomic E-state index is 0.783. The number of nitrogens with zero attached hydrogens (tertiary/aromatic N) is 4. The van der Waals surface area contributed by atoms with E-state index in [4.69, 9.17) is 0 Å². The van der Waals surface area contributed by atoms with Crippen molar-refractivity contribution in [1.29, 1.82) is 0 Å². The molecule has 0 amide bonds. The second-order valence-electron chi connectivity index (χ2n) is 4.58. The fourth-order valence-electron chi connectivity index (χ4n) is 1.99. The fourth-order valence-corrected chi connectivity index (χ4v) is 1.99. The molecule has 2 rings (SSSR count). The van der Waals surface area contributed by atoms with Gasteiger partial charge in [-0.1, -0.05) is 26.2 Å². The Kier molecular flexibility index (Phi) is 4.27. The van der Waals surface area contributed by atoms with Crippen molar-refractivity contribution < 1.29 is 0 Å². The van der Waals surface area contributed by atoms with E-state index in [9.17, 15) is 0 Å². The normalized spacial score (nSPS) is 16.3. The van der Waals surface area contributed by atoms with Gasteiger partial charge in [-0.2, -0.15) is 0 Å². The molecule has 0 spiro atoms. The smallest absolute Gasteiger partial charge is 0.165 e. The number of rotatable bonds is 7. The summed E-state index contributed by atoms with van der Waals surface area (Å²) in [6.07, 6.45) is 6.57. The molecule has 1 saturated carbocycles. The van der Waals surface area contributed by atoms with Crippen molar-refractivity contribution in [2.24, 2.45) is 5.92 Å². The zero-order valence-corrected chi connectivity index (χ0v) is 10.0. The SMILES string of the molecule is CCCNCc1nnnn1CCC1CCC1. The minimum Gasteiger partial charge on any atom is -0.310 e. The Bertz CT molecular complexity index is 305. The number of tetrazole rings is 1. The maximum atomic E-state index is 4.05. The molecular formula is C11H21N5. The highest BCUT2D eigenvalue weighted by molar-refractivity contribution is 4.80. The third kappa shape index (κ3) is 3.01. The lowest BCUT2D eigenvalue weighted by Gasteiger charge is -2.24. The summed E-state index contributed by atoms with van der Waals surface area (Å²) in [5.41, 5.74) is 0. The van der Waals surface area contributed by atoms with Crippen molar-refractivity contribution in [3.63, 3.8) is 0 Å². The molecule has 0 bridgehead atoms. The molecule has 16 heavy (non-hydrogen) atoms. The Labute approximate surface area is 96.6 Å². The van der Waals surface area contributed by atoms with E-state index in [2.05, 4.69) is 27.8 Å². The zero-order valence-electron chi connectivity index (χ0n) is 10.0. The second kappa shape index (κ2) is 5.94. The van der Waals surface area contributed by atoms with Gasteiger partial charge >= 0.3 is 0 Å². The molecule has 5 nitrogen and oxygen atoms in total. The van der Waals surface area contributed by atoms with E-state index in [1.54, 1.807) is 0 Å². The third-order valence-corrected chi connectivity index (χ3v) is 3.29. The lowest BCUT2D eigenvalue weighted by Crippen LogP contribution is -2.20. The molecule has 0 unspecified atom stereocenters. The Balaban J connectivity index is 1.76. The summed E-state index contributed by atoms with van der Waals surface area (Å²) in [5, 5.41) is 15.2. The van der Waals surface area contributed by atoms with Gasteiger partial charge in [-0.3, -0.25) is 0 Å². The summed E-state index contributed by atoms with van der Waals surface area (Å²) in [4.78, 5) is 0. The van der Waals surface area contributed by atoms with Gasteiger partial charge in [0.05, 0.1) is 6.54 Å². The zero-order chi connectivity index (χ0) is 11.2. The topological polar surface area (TPSA) is 55.6 Å². The highest BCUT2D eigenvalue weighted by Crippen LogP contribution is 2.29. The van der Waals surface area contributed by atoms with Crippen LogP contribution in [0.1, 0.15) is 44.9 Å². The Morgan fingerprint density at radius 2 is 2.31 bits per heavy atom. The van der Waals surface area contributed by atoms with Crippen molar-refractivity contribution in [1.82, 2.24) is 25.5 Å². The Morgan fingerprint density at radius 3 is 3.00 bits per heavy atom. The van der Waals surface area contributed by atoms with E-state index in [1.807, 2.05) is 4.68 Å². The van der Waals surface area contributed by atoms with Crippen LogP contribution in [0, 0.1) is 5.92 Å². The molecule has 1 aromatic rings. The molecule has 0 saturated heterocycles. The van der Waals surface area contributed by atoms with Gasteiger partial charge in [-0.15, -0.1) is 5.10 Å². The van der Waals surface area contributed by atoms with Crippen molar-refractivity contribution in [2.75, 3.05) is 6.54 Å². The number of aryl methyl sites for hydroxylation is 1. The van der Waals surface area contributed by atoms with E-state index in [1.165, 1.54) is 25.7 Å². The molecule has 1 heterocycles. The van der Waals surface area contributed by atoms with E-state index >= 15 is 0 Å². The van der Waals surface area contributed by atoms with Crippen molar-refractivity contribution >= 4 is 0 Å². The molecule has 90 valence electrons. The summed E-state index contributed by atoms with van der Waals surface area (Å²) in [7, 11) is 0. The first-order chi connectivity index (χ1) is 7.90. The molecular weight excluding hydrogens is 202 g/mol. The number of hydrogen-bond donors (Lipinski definition) is 1. The average Bonchev–Trinajstić information content (AvgIpc) is 2.64. The van der Waals surface area contributed by atoms with Gasteiger partial charge in [0, 0.05) is 6.54 Å². The molecule has 0 radical (unpaired) electrons. The summed E-state index contributed by atoms with van der Waals surface area (Å²) in [6.45, 7) is 4.94.